The lowest BCUT2D eigenvalue weighted by Gasteiger charge is -2.36. The predicted molar refractivity (Wildman–Crippen MR) is 87.5 cm³/mol. The van der Waals surface area contributed by atoms with Gasteiger partial charge in [-0.05, 0) is 24.3 Å². The maximum atomic E-state index is 12.2. The van der Waals surface area contributed by atoms with Crippen molar-refractivity contribution in [1.29, 1.82) is 0 Å². The average Bonchev–Trinajstić information content (AvgIpc) is 2.59. The number of hydrogen-bond acceptors (Lipinski definition) is 3. The molecule has 1 saturated heterocycles. The van der Waals surface area contributed by atoms with Crippen LogP contribution < -0.4 is 5.32 Å². The van der Waals surface area contributed by atoms with Gasteiger partial charge >= 0.3 is 5.97 Å². The Labute approximate surface area is 137 Å². The summed E-state index contributed by atoms with van der Waals surface area (Å²) in [6, 6.07) is 9.16. The molecule has 4 heteroatoms. The lowest BCUT2D eigenvalue weighted by atomic mass is 9.80. The molecule has 124 valence electrons. The van der Waals surface area contributed by atoms with Crippen molar-refractivity contribution in [1.82, 2.24) is 5.32 Å². The Morgan fingerprint density at radius 1 is 1.09 bits per heavy atom. The Hall–Kier alpha value is -1.84. The Bertz CT molecular complexity index is 537. The third-order valence-electron chi connectivity index (χ3n) is 5.13. The zero-order chi connectivity index (χ0) is 16.1. The molecule has 23 heavy (non-hydrogen) atoms. The standard InChI is InChI=1S/C19H25NO3/c21-18-16(12-11-14-7-3-1-4-8-14)17(20-18)19(22)23-13-15-9-5-2-6-10-15/h2,5-6,9-10,14,16-17H,1,3-4,7-8,11-13H2,(H,20,21). The zero-order valence-electron chi connectivity index (χ0n) is 13.5. The molecule has 2 aliphatic rings. The van der Waals surface area contributed by atoms with Gasteiger partial charge in [-0.3, -0.25) is 4.79 Å². The minimum Gasteiger partial charge on any atom is -0.459 e. The number of amides is 1. The van der Waals surface area contributed by atoms with E-state index in [1.54, 1.807) is 0 Å². The first-order chi connectivity index (χ1) is 11.2. The van der Waals surface area contributed by atoms with Crippen molar-refractivity contribution in [3.8, 4) is 0 Å². The van der Waals surface area contributed by atoms with Crippen molar-refractivity contribution in [2.75, 3.05) is 0 Å². The molecule has 2 unspecified atom stereocenters. The Morgan fingerprint density at radius 2 is 1.83 bits per heavy atom. The van der Waals surface area contributed by atoms with Crippen molar-refractivity contribution >= 4 is 11.9 Å². The molecule has 1 aliphatic heterocycles. The van der Waals surface area contributed by atoms with Gasteiger partial charge in [0.05, 0.1) is 5.92 Å². The highest BCUT2D eigenvalue weighted by Crippen LogP contribution is 2.31. The number of rotatable bonds is 6. The molecule has 4 nitrogen and oxygen atoms in total. The molecular formula is C19H25NO3. The largest absolute Gasteiger partial charge is 0.459 e. The highest BCUT2D eigenvalue weighted by atomic mass is 16.5. The van der Waals surface area contributed by atoms with E-state index in [1.807, 2.05) is 30.3 Å². The predicted octanol–water partition coefficient (Wildman–Crippen LogP) is 3.20. The van der Waals surface area contributed by atoms with Gasteiger partial charge in [-0.1, -0.05) is 62.4 Å². The summed E-state index contributed by atoms with van der Waals surface area (Å²) in [6.45, 7) is 0.265. The molecule has 1 saturated carbocycles. The molecule has 2 fully saturated rings. The molecule has 1 aromatic rings. The van der Waals surface area contributed by atoms with E-state index >= 15 is 0 Å². The van der Waals surface area contributed by atoms with E-state index in [0.717, 1.165) is 24.3 Å². The van der Waals surface area contributed by atoms with E-state index in [2.05, 4.69) is 5.32 Å². The van der Waals surface area contributed by atoms with Gasteiger partial charge in [0.1, 0.15) is 12.6 Å². The van der Waals surface area contributed by atoms with Crippen LogP contribution in [-0.2, 0) is 20.9 Å². The van der Waals surface area contributed by atoms with Crippen LogP contribution in [0.1, 0.15) is 50.5 Å². The van der Waals surface area contributed by atoms with Gasteiger partial charge < -0.3 is 10.1 Å². The van der Waals surface area contributed by atoms with Gasteiger partial charge in [-0.15, -0.1) is 0 Å². The number of esters is 1. The number of benzene rings is 1. The van der Waals surface area contributed by atoms with Gasteiger partial charge in [0.15, 0.2) is 0 Å². The van der Waals surface area contributed by atoms with Gasteiger partial charge in [0.2, 0.25) is 5.91 Å². The molecule has 0 aromatic heterocycles. The van der Waals surface area contributed by atoms with Gasteiger partial charge in [0, 0.05) is 0 Å². The smallest absolute Gasteiger partial charge is 0.329 e. The van der Waals surface area contributed by atoms with Crippen molar-refractivity contribution in [3.05, 3.63) is 35.9 Å². The summed E-state index contributed by atoms with van der Waals surface area (Å²) in [7, 11) is 0. The summed E-state index contributed by atoms with van der Waals surface area (Å²) in [4.78, 5) is 23.9. The quantitative estimate of drug-likeness (QED) is 0.648. The fourth-order valence-electron chi connectivity index (χ4n) is 3.65. The van der Waals surface area contributed by atoms with Crippen LogP contribution in [0.5, 0.6) is 0 Å². The van der Waals surface area contributed by atoms with Crippen LogP contribution in [0.15, 0.2) is 30.3 Å². The molecule has 1 aromatic carbocycles. The summed E-state index contributed by atoms with van der Waals surface area (Å²) >= 11 is 0. The minimum atomic E-state index is -0.449. The lowest BCUT2D eigenvalue weighted by molar-refractivity contribution is -0.159. The topological polar surface area (TPSA) is 55.4 Å². The average molecular weight is 315 g/mol. The van der Waals surface area contributed by atoms with Crippen LogP contribution in [0.25, 0.3) is 0 Å². The first-order valence-electron chi connectivity index (χ1n) is 8.75. The van der Waals surface area contributed by atoms with Crippen LogP contribution in [0.3, 0.4) is 0 Å². The lowest BCUT2D eigenvalue weighted by Crippen LogP contribution is -2.62. The van der Waals surface area contributed by atoms with E-state index in [0.29, 0.717) is 0 Å². The third-order valence-corrected chi connectivity index (χ3v) is 5.13. The molecule has 0 radical (unpaired) electrons. The summed E-state index contributed by atoms with van der Waals surface area (Å²) in [5, 5.41) is 2.70. The fourth-order valence-corrected chi connectivity index (χ4v) is 3.65. The van der Waals surface area contributed by atoms with E-state index in [4.69, 9.17) is 4.74 Å². The number of β-lactam (4-membered cyclic amide) rings is 1. The second-order valence-electron chi connectivity index (χ2n) is 6.77. The van der Waals surface area contributed by atoms with Crippen molar-refractivity contribution < 1.29 is 14.3 Å². The van der Waals surface area contributed by atoms with Gasteiger partial charge in [-0.25, -0.2) is 4.79 Å². The molecule has 1 N–H and O–H groups in total. The van der Waals surface area contributed by atoms with Crippen LogP contribution in [0.2, 0.25) is 0 Å². The minimum absolute atomic E-state index is 0.00229. The maximum Gasteiger partial charge on any atom is 0.329 e. The van der Waals surface area contributed by atoms with Crippen LogP contribution in [-0.4, -0.2) is 17.9 Å². The van der Waals surface area contributed by atoms with E-state index in [-0.39, 0.29) is 24.4 Å². The van der Waals surface area contributed by atoms with Crippen LogP contribution in [0, 0.1) is 11.8 Å². The normalized spacial score (nSPS) is 24.6. The number of ether oxygens (including phenoxy) is 1. The molecule has 0 bridgehead atoms. The molecule has 2 atom stereocenters. The summed E-state index contributed by atoms with van der Waals surface area (Å²) < 4.78 is 5.35. The highest BCUT2D eigenvalue weighted by Gasteiger charge is 2.44. The molecule has 1 amide bonds. The van der Waals surface area contributed by atoms with Gasteiger partial charge in [0.25, 0.3) is 0 Å². The molecule has 1 aliphatic carbocycles. The van der Waals surface area contributed by atoms with Crippen LogP contribution in [0.4, 0.5) is 0 Å². The van der Waals surface area contributed by atoms with Crippen molar-refractivity contribution in [3.63, 3.8) is 0 Å². The maximum absolute atomic E-state index is 12.2. The second-order valence-corrected chi connectivity index (χ2v) is 6.77. The fraction of sp³-hybridized carbons (Fsp3) is 0.579. The summed E-state index contributed by atoms with van der Waals surface area (Å²) in [6.07, 6.45) is 8.38. The molecular weight excluding hydrogens is 290 g/mol. The first-order valence-corrected chi connectivity index (χ1v) is 8.75. The van der Waals surface area contributed by atoms with E-state index < -0.39 is 6.04 Å². The SMILES string of the molecule is O=C1NC(C(=O)OCc2ccccc2)C1CCC1CCCCC1. The van der Waals surface area contributed by atoms with E-state index in [1.165, 1.54) is 32.1 Å². The number of hydrogen-bond donors (Lipinski definition) is 1. The first kappa shape index (κ1) is 16.0. The Morgan fingerprint density at radius 3 is 2.52 bits per heavy atom. The second kappa shape index (κ2) is 7.62. The monoisotopic (exact) mass is 315 g/mol. The number of carbonyl (C=O) groups is 2. The molecule has 1 heterocycles. The zero-order valence-corrected chi connectivity index (χ0v) is 13.5. The van der Waals surface area contributed by atoms with Crippen molar-refractivity contribution in [2.24, 2.45) is 11.8 Å². The molecule has 0 spiro atoms. The Kier molecular flexibility index (Phi) is 5.31. The summed E-state index contributed by atoms with van der Waals surface area (Å²) in [5.41, 5.74) is 0.963. The van der Waals surface area contributed by atoms with Crippen LogP contribution >= 0.6 is 0 Å². The summed E-state index contributed by atoms with van der Waals surface area (Å²) in [5.74, 6) is 0.239. The van der Waals surface area contributed by atoms with Gasteiger partial charge in [-0.2, -0.15) is 0 Å². The number of nitrogens with one attached hydrogen (secondary N) is 1. The molecule has 3 rings (SSSR count). The van der Waals surface area contributed by atoms with Crippen molar-refractivity contribution in [2.45, 2.75) is 57.6 Å². The third kappa shape index (κ3) is 4.12. The Balaban J connectivity index is 1.45. The van der Waals surface area contributed by atoms with E-state index in [9.17, 15) is 9.59 Å². The number of carbonyl (C=O) groups excluding carboxylic acids is 2. The highest BCUT2D eigenvalue weighted by molar-refractivity contribution is 5.97.